The predicted molar refractivity (Wildman–Crippen MR) is 75.4 cm³/mol. The third-order valence-corrected chi connectivity index (χ3v) is 5.73. The van der Waals surface area contributed by atoms with Crippen molar-refractivity contribution in [2.45, 2.75) is 76.2 Å². The summed E-state index contributed by atoms with van der Waals surface area (Å²) in [6, 6.07) is 0. The lowest BCUT2D eigenvalue weighted by Crippen LogP contribution is -2.33. The molecule has 0 spiro atoms. The molecule has 2 aliphatic heterocycles. The molecular formula is C15H26OS. The van der Waals surface area contributed by atoms with E-state index in [-0.39, 0.29) is 0 Å². The van der Waals surface area contributed by atoms with Gasteiger partial charge in [-0.05, 0) is 37.5 Å². The second-order valence-corrected chi connectivity index (χ2v) is 8.61. The molecular weight excluding hydrogens is 228 g/mol. The average molecular weight is 254 g/mol. The number of ketones is 1. The Labute approximate surface area is 110 Å². The Balaban J connectivity index is 1.83. The fourth-order valence-electron chi connectivity index (χ4n) is 3.02. The lowest BCUT2D eigenvalue weighted by Gasteiger charge is -2.38. The molecule has 0 N–H and O–H groups in total. The molecule has 0 aromatic rings. The first-order chi connectivity index (χ1) is 7.94. The maximum atomic E-state index is 12.3. The molecule has 2 rings (SSSR count). The van der Waals surface area contributed by atoms with Crippen LogP contribution in [0.2, 0.25) is 0 Å². The van der Waals surface area contributed by atoms with E-state index in [2.05, 4.69) is 32.5 Å². The van der Waals surface area contributed by atoms with Crippen LogP contribution < -0.4 is 0 Å². The molecule has 1 nitrogen and oxygen atoms in total. The van der Waals surface area contributed by atoms with Crippen molar-refractivity contribution in [1.29, 1.82) is 0 Å². The quantitative estimate of drug-likeness (QED) is 0.740. The van der Waals surface area contributed by atoms with Crippen molar-refractivity contribution in [2.75, 3.05) is 0 Å². The average Bonchev–Trinajstić information content (AvgIpc) is 2.24. The zero-order valence-corrected chi connectivity index (χ0v) is 12.3. The fraction of sp³-hybridized carbons (Fsp3) is 0.933. The van der Waals surface area contributed by atoms with Gasteiger partial charge in [0.2, 0.25) is 0 Å². The van der Waals surface area contributed by atoms with Crippen LogP contribution in [0.15, 0.2) is 0 Å². The molecule has 2 fully saturated rings. The lowest BCUT2D eigenvalue weighted by atomic mass is 9.82. The van der Waals surface area contributed by atoms with Crippen LogP contribution in [0.1, 0.15) is 65.7 Å². The Morgan fingerprint density at radius 2 is 1.76 bits per heavy atom. The smallest absolute Gasteiger partial charge is 0.136 e. The summed E-state index contributed by atoms with van der Waals surface area (Å²) in [4.78, 5) is 12.3. The first-order valence-corrected chi connectivity index (χ1v) is 8.06. The Bertz CT molecular complexity index is 267. The summed E-state index contributed by atoms with van der Waals surface area (Å²) < 4.78 is 0. The minimum absolute atomic E-state index is 0.301. The van der Waals surface area contributed by atoms with Crippen LogP contribution in [0, 0.1) is 11.3 Å². The van der Waals surface area contributed by atoms with Crippen molar-refractivity contribution in [1.82, 2.24) is 0 Å². The third-order valence-electron chi connectivity index (χ3n) is 4.11. The summed E-state index contributed by atoms with van der Waals surface area (Å²) in [5.74, 6) is 0.950. The molecule has 2 saturated heterocycles. The number of fused-ring (bicyclic) bond motifs is 2. The number of rotatable bonds is 3. The van der Waals surface area contributed by atoms with Crippen LogP contribution in [0.3, 0.4) is 0 Å². The molecule has 0 saturated carbocycles. The van der Waals surface area contributed by atoms with E-state index in [9.17, 15) is 4.79 Å². The molecule has 0 aromatic carbocycles. The molecule has 0 amide bonds. The van der Waals surface area contributed by atoms with E-state index in [1.165, 1.54) is 32.1 Å². The second-order valence-electron chi connectivity index (χ2n) is 7.01. The minimum atomic E-state index is 0.301. The molecule has 0 aliphatic carbocycles. The zero-order chi connectivity index (χ0) is 12.5. The van der Waals surface area contributed by atoms with Gasteiger partial charge in [-0.3, -0.25) is 4.79 Å². The van der Waals surface area contributed by atoms with Crippen molar-refractivity contribution in [3.63, 3.8) is 0 Å². The van der Waals surface area contributed by atoms with Crippen LogP contribution in [0.4, 0.5) is 0 Å². The summed E-state index contributed by atoms with van der Waals surface area (Å²) in [6.45, 7) is 6.68. The van der Waals surface area contributed by atoms with Crippen LogP contribution in [-0.2, 0) is 4.79 Å². The number of carbonyl (C=O) groups is 1. The molecule has 2 heterocycles. The van der Waals surface area contributed by atoms with Crippen LogP contribution in [0.25, 0.3) is 0 Å². The molecule has 2 heteroatoms. The Morgan fingerprint density at radius 3 is 2.29 bits per heavy atom. The minimum Gasteiger partial charge on any atom is -0.299 e. The highest BCUT2D eigenvalue weighted by Gasteiger charge is 2.35. The highest BCUT2D eigenvalue weighted by Crippen LogP contribution is 2.44. The highest BCUT2D eigenvalue weighted by molar-refractivity contribution is 8.00. The maximum Gasteiger partial charge on any atom is 0.136 e. The standard InChI is InChI=1S/C15H26OS/c1-15(2,3)8-7-14(16)11-9-12-5-4-6-13(10-11)17-12/h11-13H,4-10H2,1-3H3. The van der Waals surface area contributed by atoms with E-state index in [0.717, 1.165) is 23.3 Å². The molecule has 17 heavy (non-hydrogen) atoms. The third kappa shape index (κ3) is 4.01. The molecule has 2 unspecified atom stereocenters. The summed E-state index contributed by atoms with van der Waals surface area (Å²) in [5, 5.41) is 1.59. The molecule has 2 bridgehead atoms. The van der Waals surface area contributed by atoms with Gasteiger partial charge in [0.25, 0.3) is 0 Å². The van der Waals surface area contributed by atoms with E-state index in [1.54, 1.807) is 0 Å². The largest absolute Gasteiger partial charge is 0.299 e. The number of thioether (sulfide) groups is 1. The van der Waals surface area contributed by atoms with Crippen molar-refractivity contribution in [2.24, 2.45) is 11.3 Å². The van der Waals surface area contributed by atoms with Gasteiger partial charge in [-0.15, -0.1) is 0 Å². The van der Waals surface area contributed by atoms with E-state index < -0.39 is 0 Å². The SMILES string of the molecule is CC(C)(C)CCC(=O)C1CC2CCCC(C1)S2. The number of Topliss-reactive ketones (excluding diaryl/α,β-unsaturated/α-hetero) is 1. The number of hydrogen-bond acceptors (Lipinski definition) is 2. The summed E-state index contributed by atoms with van der Waals surface area (Å²) >= 11 is 2.17. The van der Waals surface area contributed by atoms with Gasteiger partial charge in [-0.2, -0.15) is 11.8 Å². The van der Waals surface area contributed by atoms with Gasteiger partial charge in [0, 0.05) is 22.8 Å². The number of hydrogen-bond donors (Lipinski definition) is 0. The van der Waals surface area contributed by atoms with Crippen LogP contribution >= 0.6 is 11.8 Å². The highest BCUT2D eigenvalue weighted by atomic mass is 32.2. The summed E-state index contributed by atoms with van der Waals surface area (Å²) in [7, 11) is 0. The van der Waals surface area contributed by atoms with Gasteiger partial charge in [0.1, 0.15) is 5.78 Å². The maximum absolute atomic E-state index is 12.3. The van der Waals surface area contributed by atoms with E-state index in [0.29, 0.717) is 17.1 Å². The summed E-state index contributed by atoms with van der Waals surface area (Å²) in [6.07, 6.45) is 8.29. The zero-order valence-electron chi connectivity index (χ0n) is 11.5. The van der Waals surface area contributed by atoms with Crippen molar-refractivity contribution in [3.05, 3.63) is 0 Å². The first kappa shape index (κ1) is 13.5. The van der Waals surface area contributed by atoms with Gasteiger partial charge in [-0.1, -0.05) is 27.2 Å². The van der Waals surface area contributed by atoms with E-state index in [1.807, 2.05) is 0 Å². The van der Waals surface area contributed by atoms with E-state index >= 15 is 0 Å². The molecule has 2 atom stereocenters. The molecule has 98 valence electrons. The Kier molecular flexibility index (Phi) is 4.22. The Morgan fingerprint density at radius 1 is 1.18 bits per heavy atom. The molecule has 2 aliphatic rings. The first-order valence-electron chi connectivity index (χ1n) is 7.12. The monoisotopic (exact) mass is 254 g/mol. The van der Waals surface area contributed by atoms with Gasteiger partial charge in [0.15, 0.2) is 0 Å². The van der Waals surface area contributed by atoms with Crippen LogP contribution in [-0.4, -0.2) is 16.3 Å². The van der Waals surface area contributed by atoms with Gasteiger partial charge in [-0.25, -0.2) is 0 Å². The Hall–Kier alpha value is 0.0200. The van der Waals surface area contributed by atoms with E-state index in [4.69, 9.17) is 0 Å². The predicted octanol–water partition coefficient (Wildman–Crippen LogP) is 4.45. The van der Waals surface area contributed by atoms with Gasteiger partial charge in [0.05, 0.1) is 0 Å². The van der Waals surface area contributed by atoms with Crippen molar-refractivity contribution >= 4 is 17.5 Å². The van der Waals surface area contributed by atoms with Gasteiger partial charge < -0.3 is 0 Å². The van der Waals surface area contributed by atoms with Crippen molar-refractivity contribution < 1.29 is 4.79 Å². The molecule has 0 radical (unpaired) electrons. The second kappa shape index (κ2) is 5.34. The van der Waals surface area contributed by atoms with Crippen LogP contribution in [0.5, 0.6) is 0 Å². The normalized spacial score (nSPS) is 33.5. The molecule has 0 aromatic heterocycles. The van der Waals surface area contributed by atoms with Gasteiger partial charge >= 0.3 is 0 Å². The topological polar surface area (TPSA) is 17.1 Å². The number of carbonyl (C=O) groups excluding carboxylic acids is 1. The fourth-order valence-corrected chi connectivity index (χ4v) is 4.86. The lowest BCUT2D eigenvalue weighted by molar-refractivity contribution is -0.124. The summed E-state index contributed by atoms with van der Waals surface area (Å²) in [5.41, 5.74) is 0.301. The van der Waals surface area contributed by atoms with Crippen molar-refractivity contribution in [3.8, 4) is 0 Å².